The zero-order valence-corrected chi connectivity index (χ0v) is 26.7. The molecule has 0 aromatic heterocycles. The van der Waals surface area contributed by atoms with Crippen LogP contribution in [0.15, 0.2) is 0 Å². The second kappa shape index (κ2) is 16.7. The molecule has 0 radical (unpaired) electrons. The summed E-state index contributed by atoms with van der Waals surface area (Å²) >= 11 is 0. The maximum Gasteiger partial charge on any atom is 0.150 e. The number of hydrogen-bond acceptors (Lipinski definition) is 7. The van der Waals surface area contributed by atoms with Crippen LogP contribution < -0.4 is 16.0 Å². The van der Waals surface area contributed by atoms with Crippen LogP contribution in [0.3, 0.4) is 0 Å². The van der Waals surface area contributed by atoms with Crippen molar-refractivity contribution >= 4 is 23.1 Å². The van der Waals surface area contributed by atoms with Gasteiger partial charge < -0.3 is 16.0 Å². The SMILES string of the molecule is O=C1CCCC2CCCCC12.O=C1CCCC2CCCNC12.O=C1CCCC2CCNC12.O=C1CCCC2CNCCC12. The van der Waals surface area contributed by atoms with E-state index < -0.39 is 0 Å². The van der Waals surface area contributed by atoms with Crippen LogP contribution in [0.1, 0.15) is 128 Å². The van der Waals surface area contributed by atoms with Gasteiger partial charge in [-0.3, -0.25) is 19.2 Å². The molecule has 5 saturated carbocycles. The number of rotatable bonds is 0. The van der Waals surface area contributed by atoms with E-state index in [1.807, 2.05) is 0 Å². The van der Waals surface area contributed by atoms with Crippen LogP contribution >= 0.6 is 0 Å². The van der Waals surface area contributed by atoms with Gasteiger partial charge in [-0.2, -0.15) is 0 Å². The fourth-order valence-corrected chi connectivity index (χ4v) is 9.55. The van der Waals surface area contributed by atoms with Crippen molar-refractivity contribution in [3.05, 3.63) is 0 Å². The van der Waals surface area contributed by atoms with Crippen molar-refractivity contribution in [1.82, 2.24) is 16.0 Å². The molecule has 5 aliphatic carbocycles. The van der Waals surface area contributed by atoms with E-state index in [1.54, 1.807) is 0 Å². The fraction of sp³-hybridized carbons (Fsp3) is 0.889. The van der Waals surface area contributed by atoms with E-state index in [4.69, 9.17) is 0 Å². The Morgan fingerprint density at radius 2 is 0.884 bits per heavy atom. The van der Waals surface area contributed by atoms with E-state index in [0.29, 0.717) is 52.7 Å². The van der Waals surface area contributed by atoms with Gasteiger partial charge in [0.25, 0.3) is 0 Å². The van der Waals surface area contributed by atoms with Crippen molar-refractivity contribution in [2.75, 3.05) is 26.2 Å². The minimum atomic E-state index is 0.234. The average Bonchev–Trinajstić information content (AvgIpc) is 3.54. The lowest BCUT2D eigenvalue weighted by atomic mass is 9.70. The quantitative estimate of drug-likeness (QED) is 0.347. The van der Waals surface area contributed by atoms with Crippen LogP contribution in [0, 0.1) is 35.5 Å². The second-order valence-corrected chi connectivity index (χ2v) is 14.8. The Bertz CT molecular complexity index is 856. The van der Waals surface area contributed by atoms with E-state index >= 15 is 0 Å². The van der Waals surface area contributed by atoms with Gasteiger partial charge in [-0.25, -0.2) is 0 Å². The number of nitrogens with one attached hydrogen (secondary N) is 3. The monoisotopic (exact) mass is 597 g/mol. The average molecular weight is 598 g/mol. The van der Waals surface area contributed by atoms with Gasteiger partial charge in [-0.05, 0) is 140 Å². The molecule has 242 valence electrons. The van der Waals surface area contributed by atoms with Crippen molar-refractivity contribution in [2.24, 2.45) is 35.5 Å². The molecule has 8 fully saturated rings. The summed E-state index contributed by atoms with van der Waals surface area (Å²) in [5, 5.41) is 9.93. The van der Waals surface area contributed by atoms with E-state index in [2.05, 4.69) is 16.0 Å². The third-order valence-corrected chi connectivity index (χ3v) is 12.0. The Morgan fingerprint density at radius 3 is 1.51 bits per heavy atom. The molecule has 3 aliphatic heterocycles. The number of carbonyl (C=O) groups excluding carboxylic acids is 4. The summed E-state index contributed by atoms with van der Waals surface area (Å²) < 4.78 is 0. The molecule has 8 rings (SSSR count). The van der Waals surface area contributed by atoms with Gasteiger partial charge in [0.1, 0.15) is 23.1 Å². The van der Waals surface area contributed by atoms with Crippen molar-refractivity contribution in [3.8, 4) is 0 Å². The minimum absolute atomic E-state index is 0.234. The number of hydrogen-bond donors (Lipinski definition) is 3. The molecule has 8 unspecified atom stereocenters. The van der Waals surface area contributed by atoms with Crippen LogP contribution in [0.5, 0.6) is 0 Å². The first-order valence-corrected chi connectivity index (χ1v) is 18.3. The van der Waals surface area contributed by atoms with Crippen LogP contribution in [-0.2, 0) is 19.2 Å². The predicted molar refractivity (Wildman–Crippen MR) is 170 cm³/mol. The molecule has 8 aliphatic rings. The molecule has 3 heterocycles. The van der Waals surface area contributed by atoms with Crippen molar-refractivity contribution in [2.45, 2.75) is 141 Å². The van der Waals surface area contributed by atoms with Crippen LogP contribution in [0.2, 0.25) is 0 Å². The Kier molecular flexibility index (Phi) is 12.8. The standard InChI is InChI=1S/C10H16O.2C9H15NO.C8H13NO/c11-10-7-3-5-8-4-1-2-6-9(8)10;11-8-5-1-3-7-4-2-6-10-9(7)8;11-9-3-1-2-7-6-10-5-4-8(7)9;10-7-3-1-2-6-4-5-9-8(6)7/h8-9H,1-7H2;7,9-10H,1-6H2;7-8,10H,1-6H2;6,8-9H,1-5H2. The maximum absolute atomic E-state index is 11.4. The molecular formula is C36H59N3O4. The molecule has 8 atom stereocenters. The predicted octanol–water partition coefficient (Wildman–Crippen LogP) is 5.34. The zero-order chi connectivity index (χ0) is 30.0. The van der Waals surface area contributed by atoms with Gasteiger partial charge in [-0.15, -0.1) is 0 Å². The van der Waals surface area contributed by atoms with Crippen molar-refractivity contribution < 1.29 is 19.2 Å². The summed E-state index contributed by atoms with van der Waals surface area (Å²) in [7, 11) is 0. The zero-order valence-electron chi connectivity index (χ0n) is 26.7. The number of fused-ring (bicyclic) bond motifs is 4. The summed E-state index contributed by atoms with van der Waals surface area (Å²) in [5.74, 6) is 5.72. The molecule has 3 saturated heterocycles. The Hall–Kier alpha value is -1.44. The lowest BCUT2D eigenvalue weighted by molar-refractivity contribution is -0.128. The van der Waals surface area contributed by atoms with E-state index in [0.717, 1.165) is 83.5 Å². The van der Waals surface area contributed by atoms with Crippen molar-refractivity contribution in [1.29, 1.82) is 0 Å². The molecule has 0 aromatic rings. The Morgan fingerprint density at radius 1 is 0.395 bits per heavy atom. The van der Waals surface area contributed by atoms with Crippen LogP contribution in [-0.4, -0.2) is 61.4 Å². The smallest absolute Gasteiger partial charge is 0.150 e. The highest BCUT2D eigenvalue weighted by Crippen LogP contribution is 2.38. The molecular weight excluding hydrogens is 538 g/mol. The van der Waals surface area contributed by atoms with Crippen molar-refractivity contribution in [3.63, 3.8) is 0 Å². The molecule has 0 spiro atoms. The lowest BCUT2D eigenvalue weighted by Gasteiger charge is -2.34. The second-order valence-electron chi connectivity index (χ2n) is 14.8. The molecule has 0 amide bonds. The highest BCUT2D eigenvalue weighted by molar-refractivity contribution is 5.86. The first kappa shape index (κ1) is 32.9. The summed E-state index contributed by atoms with van der Waals surface area (Å²) in [6.07, 6.45) is 23.1. The van der Waals surface area contributed by atoms with Gasteiger partial charge in [0, 0.05) is 37.5 Å². The summed E-state index contributed by atoms with van der Waals surface area (Å²) in [6, 6.07) is 0.478. The normalized spacial score (nSPS) is 38.7. The van der Waals surface area contributed by atoms with Gasteiger partial charge in [0.15, 0.2) is 0 Å². The summed E-state index contributed by atoms with van der Waals surface area (Å²) in [5.41, 5.74) is 0. The number of ketones is 4. The Balaban J connectivity index is 0.000000114. The third-order valence-electron chi connectivity index (χ3n) is 12.0. The molecule has 3 N–H and O–H groups in total. The third kappa shape index (κ3) is 9.07. The molecule has 43 heavy (non-hydrogen) atoms. The first-order chi connectivity index (χ1) is 21.0. The summed E-state index contributed by atoms with van der Waals surface area (Å²) in [6.45, 7) is 4.23. The highest BCUT2D eigenvalue weighted by atomic mass is 16.1. The Labute approximate surface area is 260 Å². The van der Waals surface area contributed by atoms with Gasteiger partial charge in [-0.1, -0.05) is 12.8 Å². The molecule has 0 bridgehead atoms. The largest absolute Gasteiger partial charge is 0.316 e. The summed E-state index contributed by atoms with van der Waals surface area (Å²) in [4.78, 5) is 45.4. The van der Waals surface area contributed by atoms with Crippen LogP contribution in [0.25, 0.3) is 0 Å². The van der Waals surface area contributed by atoms with Gasteiger partial charge >= 0.3 is 0 Å². The number of Topliss-reactive ketones (excluding diaryl/α,β-unsaturated/α-hetero) is 4. The topological polar surface area (TPSA) is 104 Å². The van der Waals surface area contributed by atoms with E-state index in [9.17, 15) is 19.2 Å². The van der Waals surface area contributed by atoms with Gasteiger partial charge in [0.05, 0.1) is 12.1 Å². The van der Waals surface area contributed by atoms with E-state index in [1.165, 1.54) is 77.0 Å². The maximum atomic E-state index is 11.4. The molecule has 0 aromatic carbocycles. The highest BCUT2D eigenvalue weighted by Gasteiger charge is 2.36. The lowest BCUT2D eigenvalue weighted by Crippen LogP contribution is -2.48. The number of piperidine rings is 2. The fourth-order valence-electron chi connectivity index (χ4n) is 9.55. The molecule has 7 nitrogen and oxygen atoms in total. The molecule has 7 heteroatoms. The van der Waals surface area contributed by atoms with Gasteiger partial charge in [0.2, 0.25) is 0 Å². The minimum Gasteiger partial charge on any atom is -0.316 e. The first-order valence-electron chi connectivity index (χ1n) is 18.3. The number of carbonyl (C=O) groups is 4. The van der Waals surface area contributed by atoms with E-state index in [-0.39, 0.29) is 12.1 Å². The van der Waals surface area contributed by atoms with Crippen LogP contribution in [0.4, 0.5) is 0 Å².